The minimum Gasteiger partial charge on any atom is -0.494 e. The summed E-state index contributed by atoms with van der Waals surface area (Å²) >= 11 is 0. The van der Waals surface area contributed by atoms with Crippen molar-refractivity contribution in [1.82, 2.24) is 19.4 Å². The zero-order valence-corrected chi connectivity index (χ0v) is 17.7. The van der Waals surface area contributed by atoms with Gasteiger partial charge in [-0.05, 0) is 56.2 Å². The highest BCUT2D eigenvalue weighted by molar-refractivity contribution is 5.59. The lowest BCUT2D eigenvalue weighted by Gasteiger charge is -2.38. The van der Waals surface area contributed by atoms with E-state index in [9.17, 15) is 4.79 Å². The average Bonchev–Trinajstić information content (AvgIpc) is 2.76. The molecule has 0 saturated heterocycles. The summed E-state index contributed by atoms with van der Waals surface area (Å²) in [5.41, 5.74) is 3.68. The van der Waals surface area contributed by atoms with Crippen LogP contribution in [0.1, 0.15) is 30.7 Å². The zero-order chi connectivity index (χ0) is 21.1. The van der Waals surface area contributed by atoms with Gasteiger partial charge >= 0.3 is 0 Å². The van der Waals surface area contributed by atoms with Gasteiger partial charge in [0.2, 0.25) is 5.95 Å². The highest BCUT2D eigenvalue weighted by Crippen LogP contribution is 2.29. The minimum atomic E-state index is 0.0341. The van der Waals surface area contributed by atoms with Crippen molar-refractivity contribution in [2.24, 2.45) is 0 Å². The summed E-state index contributed by atoms with van der Waals surface area (Å²) < 4.78 is 7.36. The molecule has 156 valence electrons. The molecule has 3 aromatic rings. The molecule has 7 nitrogen and oxygen atoms in total. The van der Waals surface area contributed by atoms with Gasteiger partial charge in [-0.3, -0.25) is 24.1 Å². The first-order chi connectivity index (χ1) is 14.6. The van der Waals surface area contributed by atoms with E-state index in [0.29, 0.717) is 38.9 Å². The molecule has 0 bridgehead atoms. The fourth-order valence-electron chi connectivity index (χ4n) is 3.87. The van der Waals surface area contributed by atoms with Crippen LogP contribution in [0, 0.1) is 6.92 Å². The van der Waals surface area contributed by atoms with Crippen LogP contribution in [0.15, 0.2) is 53.6 Å². The molecule has 0 amide bonds. The molecule has 4 rings (SSSR count). The first kappa shape index (κ1) is 20.1. The average molecular weight is 406 g/mol. The molecule has 0 aliphatic carbocycles. The smallest absolute Gasteiger partial charge is 0.259 e. The maximum absolute atomic E-state index is 13.2. The van der Waals surface area contributed by atoms with Crippen molar-refractivity contribution in [1.29, 1.82) is 0 Å². The summed E-state index contributed by atoms with van der Waals surface area (Å²) in [7, 11) is 0. The van der Waals surface area contributed by atoms with E-state index < -0.39 is 0 Å². The summed E-state index contributed by atoms with van der Waals surface area (Å²) in [6.07, 6.45) is 4.31. The van der Waals surface area contributed by atoms with Gasteiger partial charge in [0, 0.05) is 35.9 Å². The number of pyridine rings is 1. The molecule has 1 aromatic carbocycles. The van der Waals surface area contributed by atoms with Gasteiger partial charge in [0.25, 0.3) is 5.56 Å². The lowest BCUT2D eigenvalue weighted by molar-refractivity contribution is 0.189. The number of aromatic nitrogens is 3. The second-order valence-corrected chi connectivity index (χ2v) is 7.39. The molecule has 1 aliphatic rings. The predicted molar refractivity (Wildman–Crippen MR) is 117 cm³/mol. The van der Waals surface area contributed by atoms with Gasteiger partial charge in [0.05, 0.1) is 19.9 Å². The fraction of sp³-hybridized carbons (Fsp3) is 0.348. The molecular formula is C23H27N5O2. The number of anilines is 2. The van der Waals surface area contributed by atoms with Gasteiger partial charge in [0.15, 0.2) is 0 Å². The molecule has 0 radical (unpaired) electrons. The Balaban J connectivity index is 1.75. The monoisotopic (exact) mass is 405 g/mol. The second-order valence-electron chi connectivity index (χ2n) is 7.39. The minimum absolute atomic E-state index is 0.0341. The Morgan fingerprint density at radius 1 is 1.10 bits per heavy atom. The van der Waals surface area contributed by atoms with Crippen molar-refractivity contribution >= 4 is 11.6 Å². The standard InChI is InChI=1S/C23H27N5O2/c1-4-21-17(3)25-23-27(19-8-10-20(11-9-19)30-5-2)15-26(16-28(23)22(21)29)14-18-7-6-12-24-13-18/h6-13H,4-5,14-16H2,1-3H3. The van der Waals surface area contributed by atoms with E-state index >= 15 is 0 Å². The van der Waals surface area contributed by atoms with Crippen LogP contribution in [0.5, 0.6) is 5.75 Å². The van der Waals surface area contributed by atoms with E-state index in [1.54, 1.807) is 10.8 Å². The third-order valence-electron chi connectivity index (χ3n) is 5.32. The first-order valence-electron chi connectivity index (χ1n) is 10.3. The Bertz CT molecular complexity index is 1060. The van der Waals surface area contributed by atoms with Crippen LogP contribution in [0.4, 0.5) is 11.6 Å². The Morgan fingerprint density at radius 3 is 2.57 bits per heavy atom. The number of ether oxygens (including phenoxy) is 1. The van der Waals surface area contributed by atoms with Crippen LogP contribution >= 0.6 is 0 Å². The maximum Gasteiger partial charge on any atom is 0.259 e. The third-order valence-corrected chi connectivity index (χ3v) is 5.32. The van der Waals surface area contributed by atoms with Crippen LogP contribution in [0.3, 0.4) is 0 Å². The Morgan fingerprint density at radius 2 is 1.90 bits per heavy atom. The van der Waals surface area contributed by atoms with Gasteiger partial charge < -0.3 is 4.74 Å². The lowest BCUT2D eigenvalue weighted by atomic mass is 10.2. The van der Waals surface area contributed by atoms with Crippen molar-refractivity contribution in [3.05, 3.63) is 76.0 Å². The van der Waals surface area contributed by atoms with E-state index in [1.807, 2.05) is 57.3 Å². The van der Waals surface area contributed by atoms with E-state index in [-0.39, 0.29) is 5.56 Å². The molecule has 0 fully saturated rings. The van der Waals surface area contributed by atoms with Gasteiger partial charge in [-0.2, -0.15) is 0 Å². The SMILES string of the molecule is CCOc1ccc(N2CN(Cc3cccnc3)Cn3c2nc(C)c(CC)c3=O)cc1. The van der Waals surface area contributed by atoms with Crippen LogP contribution in [-0.4, -0.2) is 32.7 Å². The Labute approximate surface area is 176 Å². The van der Waals surface area contributed by atoms with Crippen molar-refractivity contribution in [2.45, 2.75) is 40.4 Å². The second kappa shape index (κ2) is 8.67. The molecule has 0 spiro atoms. The molecule has 1 aliphatic heterocycles. The van der Waals surface area contributed by atoms with Crippen LogP contribution in [0.2, 0.25) is 0 Å². The Hall–Kier alpha value is -3.19. The summed E-state index contributed by atoms with van der Waals surface area (Å²) in [6, 6.07) is 11.9. The number of rotatable bonds is 6. The molecule has 0 saturated carbocycles. The van der Waals surface area contributed by atoms with E-state index in [4.69, 9.17) is 9.72 Å². The fourth-order valence-corrected chi connectivity index (χ4v) is 3.87. The first-order valence-corrected chi connectivity index (χ1v) is 10.3. The van der Waals surface area contributed by atoms with Crippen molar-refractivity contribution in [3.8, 4) is 5.75 Å². The normalized spacial score (nSPS) is 13.9. The number of nitrogens with zero attached hydrogens (tertiary/aromatic N) is 5. The summed E-state index contributed by atoms with van der Waals surface area (Å²) in [6.45, 7) is 8.33. The van der Waals surface area contributed by atoms with Crippen LogP contribution < -0.4 is 15.2 Å². The van der Waals surface area contributed by atoms with Gasteiger partial charge in [-0.1, -0.05) is 13.0 Å². The largest absolute Gasteiger partial charge is 0.494 e. The van der Waals surface area contributed by atoms with Gasteiger partial charge in [-0.15, -0.1) is 0 Å². The maximum atomic E-state index is 13.2. The molecule has 3 heterocycles. The van der Waals surface area contributed by atoms with Crippen molar-refractivity contribution in [2.75, 3.05) is 18.2 Å². The number of hydrogen-bond acceptors (Lipinski definition) is 6. The van der Waals surface area contributed by atoms with Crippen molar-refractivity contribution in [3.63, 3.8) is 0 Å². The topological polar surface area (TPSA) is 63.5 Å². The number of benzene rings is 1. The molecule has 0 unspecified atom stereocenters. The molecule has 2 aromatic heterocycles. The van der Waals surface area contributed by atoms with E-state index in [2.05, 4.69) is 20.9 Å². The molecule has 30 heavy (non-hydrogen) atoms. The summed E-state index contributed by atoms with van der Waals surface area (Å²) in [5.74, 6) is 1.51. The van der Waals surface area contributed by atoms with Crippen LogP contribution in [-0.2, 0) is 19.6 Å². The number of aryl methyl sites for hydroxylation is 1. The summed E-state index contributed by atoms with van der Waals surface area (Å²) in [4.78, 5) is 26.6. The van der Waals surface area contributed by atoms with Crippen molar-refractivity contribution < 1.29 is 4.74 Å². The third kappa shape index (κ3) is 3.93. The molecule has 0 atom stereocenters. The molecule has 7 heteroatoms. The molecule has 0 N–H and O–H groups in total. The lowest BCUT2D eigenvalue weighted by Crippen LogP contribution is -2.47. The van der Waals surface area contributed by atoms with E-state index in [0.717, 1.165) is 28.3 Å². The zero-order valence-electron chi connectivity index (χ0n) is 17.7. The highest BCUT2D eigenvalue weighted by atomic mass is 16.5. The predicted octanol–water partition coefficient (Wildman–Crippen LogP) is 3.48. The Kier molecular flexibility index (Phi) is 5.81. The van der Waals surface area contributed by atoms with E-state index in [1.165, 1.54) is 0 Å². The quantitative estimate of drug-likeness (QED) is 0.626. The highest BCUT2D eigenvalue weighted by Gasteiger charge is 2.27. The van der Waals surface area contributed by atoms with Crippen LogP contribution in [0.25, 0.3) is 0 Å². The number of hydrogen-bond donors (Lipinski definition) is 0. The molecular weight excluding hydrogens is 378 g/mol. The van der Waals surface area contributed by atoms with Gasteiger partial charge in [0.1, 0.15) is 5.75 Å². The number of fused-ring (bicyclic) bond motifs is 1. The summed E-state index contributed by atoms with van der Waals surface area (Å²) in [5, 5.41) is 0. The van der Waals surface area contributed by atoms with Gasteiger partial charge in [-0.25, -0.2) is 4.98 Å².